The SMILES string of the molecule is [C-]#[N+]C(C#N)=C1/C(=C/c2cc3c(s2)C(c2ccc(OCC(CC)CCCC)cc2)(c2ccc(OCC(CC)CCCC)cc2)c2c-3sc3c4c(sc23)-c2cc(/C=C3\C(=O)c5cc6ccccc6cc5\C3=C(\C#N)[N+]#[C-])sc2C4(c2ccc(OCC(CC)CCCC)cc2)c2ccc(OCC(CC)CCCC)cc2)C(=O)c2cc3ccccc3cc21. The summed E-state index contributed by atoms with van der Waals surface area (Å²) in [6.45, 7) is 37.3. The normalized spacial score (nSPS) is 18.0. The molecule has 16 rings (SSSR count). The van der Waals surface area contributed by atoms with Gasteiger partial charge in [-0.1, -0.05) is 230 Å². The van der Waals surface area contributed by atoms with Crippen LogP contribution in [0.25, 0.3) is 84.8 Å². The average molecular weight is 1650 g/mol. The van der Waals surface area contributed by atoms with Crippen LogP contribution in [0, 0.1) is 59.5 Å². The fraction of sp³-hybridized carbons (Fsp3) is 0.321. The number of allylic oxidation sites excluding steroid dienone is 6. The average Bonchev–Trinajstić information content (AvgIpc) is 1.48. The Morgan fingerprint density at radius 2 is 0.675 bits per heavy atom. The Morgan fingerprint density at radius 1 is 0.392 bits per heavy atom. The van der Waals surface area contributed by atoms with Crippen LogP contribution in [0.5, 0.6) is 23.0 Å². The molecule has 120 heavy (non-hydrogen) atoms. The van der Waals surface area contributed by atoms with E-state index in [1.54, 1.807) is 45.3 Å². The molecule has 12 aromatic rings. The largest absolute Gasteiger partial charge is 0.493 e. The first-order chi connectivity index (χ1) is 58.7. The number of carbonyl (C=O) groups is 2. The number of fused-ring (bicyclic) bond motifs is 13. The van der Waals surface area contributed by atoms with Gasteiger partial charge in [0.1, 0.15) is 23.0 Å². The summed E-state index contributed by atoms with van der Waals surface area (Å²) >= 11 is 6.90. The van der Waals surface area contributed by atoms with Crippen LogP contribution in [0.2, 0.25) is 0 Å². The maximum atomic E-state index is 15.4. The number of ether oxygens (including phenoxy) is 4. The van der Waals surface area contributed by atoms with Crippen molar-refractivity contribution in [2.45, 2.75) is 169 Å². The van der Waals surface area contributed by atoms with E-state index in [1.807, 2.05) is 84.9 Å². The number of benzene rings is 8. The predicted octanol–water partition coefficient (Wildman–Crippen LogP) is 29.4. The zero-order valence-corrected chi connectivity index (χ0v) is 73.1. The Balaban J connectivity index is 0.971. The maximum Gasteiger partial charge on any atom is 0.270 e. The minimum Gasteiger partial charge on any atom is -0.493 e. The highest BCUT2D eigenvalue weighted by Gasteiger charge is 2.56. The van der Waals surface area contributed by atoms with Crippen LogP contribution in [0.4, 0.5) is 0 Å². The number of thiophene rings is 4. The van der Waals surface area contributed by atoms with E-state index in [0.717, 1.165) is 230 Å². The number of hydrogen-bond acceptors (Lipinski definition) is 12. The van der Waals surface area contributed by atoms with E-state index < -0.39 is 10.8 Å². The highest BCUT2D eigenvalue weighted by Crippen LogP contribution is 2.71. The predicted molar refractivity (Wildman–Crippen MR) is 496 cm³/mol. The molecule has 4 unspecified atom stereocenters. The van der Waals surface area contributed by atoms with E-state index in [4.69, 9.17) is 32.1 Å². The molecule has 0 saturated carbocycles. The van der Waals surface area contributed by atoms with Gasteiger partial charge in [0.25, 0.3) is 11.4 Å². The molecule has 0 amide bonds. The second-order valence-corrected chi connectivity index (χ2v) is 36.9. The Labute approximate surface area is 722 Å². The van der Waals surface area contributed by atoms with Gasteiger partial charge in [0.2, 0.25) is 0 Å². The van der Waals surface area contributed by atoms with Gasteiger partial charge < -0.3 is 18.9 Å². The quantitative estimate of drug-likeness (QED) is 0.0222. The van der Waals surface area contributed by atoms with Gasteiger partial charge in [0, 0.05) is 84.9 Å². The molecule has 0 bridgehead atoms. The van der Waals surface area contributed by atoms with Crippen LogP contribution in [-0.4, -0.2) is 38.0 Å². The van der Waals surface area contributed by atoms with Crippen molar-refractivity contribution in [1.29, 1.82) is 10.5 Å². The second kappa shape index (κ2) is 36.0. The van der Waals surface area contributed by atoms with Crippen molar-refractivity contribution >= 4 is 111 Å². The molecule has 0 saturated heterocycles. The molecule has 0 N–H and O–H groups in total. The smallest absolute Gasteiger partial charge is 0.270 e. The van der Waals surface area contributed by atoms with Crippen LogP contribution < -0.4 is 18.9 Å². The van der Waals surface area contributed by atoms with Crippen LogP contribution in [-0.2, 0) is 10.8 Å². The number of nitriles is 2. The molecular formula is C106H100N4O6S4. The number of hydrogen-bond donors (Lipinski definition) is 0. The molecule has 8 aromatic carbocycles. The summed E-state index contributed by atoms with van der Waals surface area (Å²) in [5.41, 5.74) is 9.45. The third kappa shape index (κ3) is 14.9. The lowest BCUT2D eigenvalue weighted by atomic mass is 9.70. The van der Waals surface area contributed by atoms with Gasteiger partial charge in [-0.05, 0) is 201 Å². The first-order valence-corrected chi connectivity index (χ1v) is 46.5. The van der Waals surface area contributed by atoms with E-state index >= 15 is 9.59 Å². The Kier molecular flexibility index (Phi) is 24.8. The third-order valence-electron chi connectivity index (χ3n) is 25.5. The summed E-state index contributed by atoms with van der Waals surface area (Å²) < 4.78 is 29.5. The molecule has 0 aliphatic heterocycles. The lowest BCUT2D eigenvalue weighted by molar-refractivity contribution is 0.103. The molecule has 604 valence electrons. The molecule has 4 aromatic heterocycles. The number of carbonyl (C=O) groups excluding carboxylic acids is 2. The zero-order chi connectivity index (χ0) is 83.3. The summed E-state index contributed by atoms with van der Waals surface area (Å²) in [4.78, 5) is 44.4. The standard InChI is InChI=1S/C106H100N4O6S4/c1-11-19-27-65(15-5)61-113-77-43-35-73(36-44-77)105(74-37-45-78(46-38-74)114-62-66(16-6)28-20-12-2)95-99(89-57-81(117-103(89)105)55-87-93(91(59-107)109-9)83-51-69-31-23-25-33-71(69)53-85(83)97(87)111)119-102-96-100(120-101(95)102)90-58-82(56-88-94(92(60-108)110-10)84-52-70-32-24-26-34-72(70)54-86(84)98(88)112)118-104(90)106(96,75-39-47-79(48-40-75)115-63-67(17-7)29-21-13-3)76-41-49-80(50-42-76)116-64-68(18-8)30-22-14-4/h23-26,31-58,65-68H,11-22,27-30,61-64H2,1-8H3/b87-55-,88-56-,93-91+,94-92?. The van der Waals surface area contributed by atoms with Crippen molar-refractivity contribution in [2.75, 3.05) is 26.4 Å². The molecule has 4 aliphatic carbocycles. The van der Waals surface area contributed by atoms with Crippen LogP contribution in [0.3, 0.4) is 0 Å². The van der Waals surface area contributed by atoms with Gasteiger partial charge >= 0.3 is 0 Å². The molecule has 14 heteroatoms. The first kappa shape index (κ1) is 82.5. The fourth-order valence-corrected chi connectivity index (χ4v) is 24.6. The minimum absolute atomic E-state index is 0.140. The Morgan fingerprint density at radius 3 is 0.933 bits per heavy atom. The first-order valence-electron chi connectivity index (χ1n) is 43.2. The Hall–Kier alpha value is -11.2. The molecule has 4 atom stereocenters. The van der Waals surface area contributed by atoms with E-state index in [9.17, 15) is 10.5 Å². The lowest BCUT2D eigenvalue weighted by Crippen LogP contribution is -2.28. The maximum absolute atomic E-state index is 15.4. The van der Waals surface area contributed by atoms with Crippen molar-refractivity contribution in [3.63, 3.8) is 0 Å². The molecule has 10 nitrogen and oxygen atoms in total. The lowest BCUT2D eigenvalue weighted by Gasteiger charge is -2.33. The van der Waals surface area contributed by atoms with Gasteiger partial charge in [0.15, 0.2) is 11.6 Å². The summed E-state index contributed by atoms with van der Waals surface area (Å²) in [5, 5.41) is 25.3. The van der Waals surface area contributed by atoms with Gasteiger partial charge in [-0.25, -0.2) is 20.2 Å². The van der Waals surface area contributed by atoms with Crippen molar-refractivity contribution in [1.82, 2.24) is 0 Å². The van der Waals surface area contributed by atoms with Crippen molar-refractivity contribution in [3.05, 3.63) is 303 Å². The molecule has 0 radical (unpaired) electrons. The number of rotatable bonds is 34. The molecule has 0 spiro atoms. The number of nitrogens with zero attached hydrogens (tertiary/aromatic N) is 4. The summed E-state index contributed by atoms with van der Waals surface area (Å²) in [7, 11) is 0. The number of unbranched alkanes of at least 4 members (excludes halogenated alkanes) is 4. The zero-order valence-electron chi connectivity index (χ0n) is 69.8. The molecule has 4 heterocycles. The monoisotopic (exact) mass is 1650 g/mol. The number of Topliss-reactive ketones (excluding diaryl/α,β-unsaturated/α-hetero) is 2. The van der Waals surface area contributed by atoms with Gasteiger partial charge in [-0.2, -0.15) is 0 Å². The van der Waals surface area contributed by atoms with Gasteiger partial charge in [0.05, 0.1) is 71.9 Å². The van der Waals surface area contributed by atoms with E-state index in [-0.39, 0.29) is 23.0 Å². The van der Waals surface area contributed by atoms with Crippen LogP contribution in [0.1, 0.15) is 243 Å². The summed E-state index contributed by atoms with van der Waals surface area (Å²) in [5.74, 6) is 4.30. The minimum atomic E-state index is -1.03. The second-order valence-electron chi connectivity index (χ2n) is 32.7. The Bertz CT molecular complexity index is 5690. The fourth-order valence-electron chi connectivity index (χ4n) is 18.6. The highest BCUT2D eigenvalue weighted by atomic mass is 32.1. The third-order valence-corrected chi connectivity index (χ3v) is 30.5. The molecular weight excluding hydrogens is 1550 g/mol. The van der Waals surface area contributed by atoms with Crippen LogP contribution in [0.15, 0.2) is 205 Å². The highest BCUT2D eigenvalue weighted by molar-refractivity contribution is 7.32. The van der Waals surface area contributed by atoms with Crippen molar-refractivity contribution < 1.29 is 28.5 Å². The topological polar surface area (TPSA) is 127 Å². The van der Waals surface area contributed by atoms with Crippen molar-refractivity contribution in [3.8, 4) is 56.0 Å². The van der Waals surface area contributed by atoms with Gasteiger partial charge in [-0.15, -0.1) is 45.3 Å². The molecule has 4 aliphatic rings. The summed E-state index contributed by atoms with van der Waals surface area (Å²) in [6.07, 6.45) is 21.3. The number of ketones is 2. The van der Waals surface area contributed by atoms with E-state index in [2.05, 4.69) is 186 Å². The van der Waals surface area contributed by atoms with E-state index in [0.29, 0.717) is 94.6 Å². The van der Waals surface area contributed by atoms with Crippen molar-refractivity contribution in [2.24, 2.45) is 23.7 Å². The summed E-state index contributed by atoms with van der Waals surface area (Å²) in [6, 6.07) is 67.7. The van der Waals surface area contributed by atoms with Gasteiger partial charge in [-0.3, -0.25) is 9.59 Å². The molecule has 0 fully saturated rings. The van der Waals surface area contributed by atoms with Crippen LogP contribution >= 0.6 is 45.3 Å². The van der Waals surface area contributed by atoms with E-state index in [1.165, 1.54) is 0 Å².